The highest BCUT2D eigenvalue weighted by Gasteiger charge is 2.24. The minimum Gasteiger partial charge on any atom is -0.308 e. The predicted molar refractivity (Wildman–Crippen MR) is 204 cm³/mol. The van der Waals surface area contributed by atoms with Crippen LogP contribution in [-0.2, 0) is 0 Å². The Balaban J connectivity index is 1.41. The molecule has 0 amide bonds. The largest absolute Gasteiger partial charge is 0.308 e. The first kappa shape index (κ1) is 27.9. The van der Waals surface area contributed by atoms with Crippen molar-refractivity contribution in [1.29, 1.82) is 0 Å². The minimum atomic E-state index is 1.10. The Labute approximate surface area is 280 Å². The lowest BCUT2D eigenvalue weighted by molar-refractivity contribution is 1.17. The van der Waals surface area contributed by atoms with E-state index in [0.29, 0.717) is 0 Å². The fraction of sp³-hybridized carbons (Fsp3) is 0. The molecule has 8 aromatic carbocycles. The van der Waals surface area contributed by atoms with E-state index in [0.717, 1.165) is 22.7 Å². The van der Waals surface area contributed by atoms with Gasteiger partial charge in [0.2, 0.25) is 0 Å². The van der Waals surface area contributed by atoms with E-state index in [2.05, 4.69) is 204 Å². The molecule has 0 radical (unpaired) electrons. The highest BCUT2D eigenvalue weighted by molar-refractivity contribution is 6.26. The molecular formula is C46H32N2. The summed E-state index contributed by atoms with van der Waals surface area (Å²) in [5.74, 6) is 0. The van der Waals surface area contributed by atoms with Crippen molar-refractivity contribution in [3.8, 4) is 27.9 Å². The summed E-state index contributed by atoms with van der Waals surface area (Å²) in [5.41, 5.74) is 11.7. The lowest BCUT2D eigenvalue weighted by Crippen LogP contribution is -2.11. The molecule has 0 bridgehead atoms. The Morgan fingerprint density at radius 3 is 1.62 bits per heavy atom. The van der Waals surface area contributed by atoms with Crippen LogP contribution in [-0.4, -0.2) is 4.57 Å². The molecule has 0 atom stereocenters. The van der Waals surface area contributed by atoms with E-state index in [1.165, 1.54) is 54.8 Å². The van der Waals surface area contributed by atoms with Gasteiger partial charge in [-0.3, -0.25) is 0 Å². The average Bonchev–Trinajstić information content (AvgIpc) is 3.53. The van der Waals surface area contributed by atoms with Crippen LogP contribution in [0.5, 0.6) is 0 Å². The molecular weight excluding hydrogens is 581 g/mol. The molecule has 0 aliphatic heterocycles. The Morgan fingerprint density at radius 2 is 0.917 bits per heavy atom. The summed E-state index contributed by atoms with van der Waals surface area (Å²) in [4.78, 5) is 2.40. The molecule has 0 aliphatic rings. The second-order valence-corrected chi connectivity index (χ2v) is 12.2. The lowest BCUT2D eigenvalue weighted by Gasteiger charge is -2.27. The van der Waals surface area contributed by atoms with Gasteiger partial charge >= 0.3 is 0 Å². The van der Waals surface area contributed by atoms with E-state index in [1.54, 1.807) is 0 Å². The smallest absolute Gasteiger partial charge is 0.0782 e. The molecule has 0 fully saturated rings. The lowest BCUT2D eigenvalue weighted by atomic mass is 9.95. The third kappa shape index (κ3) is 4.66. The number of hydrogen-bond acceptors (Lipinski definition) is 1. The van der Waals surface area contributed by atoms with Crippen molar-refractivity contribution < 1.29 is 0 Å². The van der Waals surface area contributed by atoms with Crippen molar-refractivity contribution in [2.24, 2.45) is 0 Å². The number of para-hydroxylation sites is 3. The Hall–Kier alpha value is -6.38. The molecule has 0 spiro atoms. The normalized spacial score (nSPS) is 11.3. The summed E-state index contributed by atoms with van der Waals surface area (Å²) in [6, 6.07) is 69.8. The first-order chi connectivity index (χ1) is 23.8. The monoisotopic (exact) mass is 612 g/mol. The SMILES string of the molecule is c1ccc(-c2ccc(N(c3ccccc3)c3cccc4c5c(-c6ccccc6)cc6ccccc6c5n(-c5ccccc5)c34)cc2)cc1. The van der Waals surface area contributed by atoms with Crippen LogP contribution in [0.2, 0.25) is 0 Å². The van der Waals surface area contributed by atoms with E-state index < -0.39 is 0 Å². The minimum absolute atomic E-state index is 1.10. The predicted octanol–water partition coefficient (Wildman–Crippen LogP) is 12.7. The molecule has 1 heterocycles. The molecule has 0 saturated heterocycles. The van der Waals surface area contributed by atoms with Crippen LogP contribution < -0.4 is 4.90 Å². The third-order valence-electron chi connectivity index (χ3n) is 9.34. The number of benzene rings is 8. The number of aromatic nitrogens is 1. The molecule has 0 N–H and O–H groups in total. The van der Waals surface area contributed by atoms with Crippen molar-refractivity contribution in [2.75, 3.05) is 4.90 Å². The van der Waals surface area contributed by atoms with Gasteiger partial charge in [-0.15, -0.1) is 0 Å². The number of hydrogen-bond donors (Lipinski definition) is 0. The van der Waals surface area contributed by atoms with Crippen molar-refractivity contribution in [3.05, 3.63) is 194 Å². The summed E-state index contributed by atoms with van der Waals surface area (Å²) in [7, 11) is 0. The van der Waals surface area contributed by atoms with E-state index in [4.69, 9.17) is 0 Å². The van der Waals surface area contributed by atoms with Crippen LogP contribution in [0.4, 0.5) is 17.1 Å². The number of rotatable bonds is 6. The van der Waals surface area contributed by atoms with Crippen LogP contribution in [0, 0.1) is 0 Å². The molecule has 48 heavy (non-hydrogen) atoms. The van der Waals surface area contributed by atoms with Crippen molar-refractivity contribution in [1.82, 2.24) is 4.57 Å². The highest BCUT2D eigenvalue weighted by Crippen LogP contribution is 2.47. The van der Waals surface area contributed by atoms with Gasteiger partial charge < -0.3 is 9.47 Å². The van der Waals surface area contributed by atoms with Crippen LogP contribution in [0.1, 0.15) is 0 Å². The van der Waals surface area contributed by atoms with Gasteiger partial charge in [-0.25, -0.2) is 0 Å². The summed E-state index contributed by atoms with van der Waals surface area (Å²) < 4.78 is 2.49. The second-order valence-electron chi connectivity index (χ2n) is 12.2. The fourth-order valence-electron chi connectivity index (χ4n) is 7.21. The highest BCUT2D eigenvalue weighted by atomic mass is 15.2. The maximum atomic E-state index is 2.49. The Kier molecular flexibility index (Phi) is 6.84. The molecule has 9 aromatic rings. The van der Waals surface area contributed by atoms with Crippen molar-refractivity contribution >= 4 is 49.6 Å². The Morgan fingerprint density at radius 1 is 0.375 bits per heavy atom. The number of fused-ring (bicyclic) bond motifs is 5. The van der Waals surface area contributed by atoms with E-state index >= 15 is 0 Å². The molecule has 9 rings (SSSR count). The van der Waals surface area contributed by atoms with E-state index in [9.17, 15) is 0 Å². The average molecular weight is 613 g/mol. The van der Waals surface area contributed by atoms with Crippen LogP contribution in [0.3, 0.4) is 0 Å². The molecule has 2 heteroatoms. The molecule has 0 aliphatic carbocycles. The first-order valence-electron chi connectivity index (χ1n) is 16.5. The standard InChI is InChI=1S/C46H32N2/c1-5-16-33(17-6-1)34-28-30-39(31-29-34)47(37-21-9-3-10-22-37)43-27-15-26-41-44-42(35-18-7-2-8-19-35)32-36-20-13-14-25-40(36)46(44)48(45(41)43)38-23-11-4-12-24-38/h1-32H. The van der Waals surface area contributed by atoms with Crippen molar-refractivity contribution in [3.63, 3.8) is 0 Å². The summed E-state index contributed by atoms with van der Waals surface area (Å²) in [6.45, 7) is 0. The zero-order chi connectivity index (χ0) is 31.9. The van der Waals surface area contributed by atoms with Crippen LogP contribution in [0.15, 0.2) is 194 Å². The zero-order valence-corrected chi connectivity index (χ0v) is 26.4. The molecule has 1 aromatic heterocycles. The van der Waals surface area contributed by atoms with Gasteiger partial charge in [0, 0.05) is 33.2 Å². The number of anilines is 3. The zero-order valence-electron chi connectivity index (χ0n) is 26.4. The summed E-state index contributed by atoms with van der Waals surface area (Å²) >= 11 is 0. The molecule has 226 valence electrons. The van der Waals surface area contributed by atoms with Gasteiger partial charge in [0.25, 0.3) is 0 Å². The van der Waals surface area contributed by atoms with Gasteiger partial charge in [0.15, 0.2) is 0 Å². The number of nitrogens with zero attached hydrogens (tertiary/aromatic N) is 2. The summed E-state index contributed by atoms with van der Waals surface area (Å²) in [5, 5.41) is 4.93. The van der Waals surface area contributed by atoms with Gasteiger partial charge in [-0.1, -0.05) is 146 Å². The van der Waals surface area contributed by atoms with Gasteiger partial charge in [0.1, 0.15) is 0 Å². The van der Waals surface area contributed by atoms with Crippen molar-refractivity contribution in [2.45, 2.75) is 0 Å². The first-order valence-corrected chi connectivity index (χ1v) is 16.5. The fourth-order valence-corrected chi connectivity index (χ4v) is 7.21. The van der Waals surface area contributed by atoms with Crippen LogP contribution in [0.25, 0.3) is 60.5 Å². The maximum absolute atomic E-state index is 2.49. The maximum Gasteiger partial charge on any atom is 0.0782 e. The van der Waals surface area contributed by atoms with Gasteiger partial charge in [-0.2, -0.15) is 0 Å². The molecule has 2 nitrogen and oxygen atoms in total. The topological polar surface area (TPSA) is 8.17 Å². The molecule has 0 unspecified atom stereocenters. The summed E-state index contributed by atoms with van der Waals surface area (Å²) in [6.07, 6.45) is 0. The van der Waals surface area contributed by atoms with Gasteiger partial charge in [-0.05, 0) is 76.2 Å². The van der Waals surface area contributed by atoms with Gasteiger partial charge in [0.05, 0.1) is 16.7 Å². The Bertz CT molecular complexity index is 2520. The second kappa shape index (κ2) is 11.8. The van der Waals surface area contributed by atoms with E-state index in [-0.39, 0.29) is 0 Å². The molecule has 0 saturated carbocycles. The third-order valence-corrected chi connectivity index (χ3v) is 9.34. The quantitative estimate of drug-likeness (QED) is 0.181. The van der Waals surface area contributed by atoms with Crippen LogP contribution >= 0.6 is 0 Å². The van der Waals surface area contributed by atoms with E-state index in [1.807, 2.05) is 0 Å².